The van der Waals surface area contributed by atoms with Gasteiger partial charge >= 0.3 is 0 Å². The maximum Gasteiger partial charge on any atom is 0.243 e. The number of nitrogens with one attached hydrogen (secondary N) is 2. The predicted molar refractivity (Wildman–Crippen MR) is 97.9 cm³/mol. The molecule has 0 unspecified atom stereocenters. The second-order valence-corrected chi connectivity index (χ2v) is 7.83. The van der Waals surface area contributed by atoms with Crippen LogP contribution < -0.4 is 10.6 Å². The van der Waals surface area contributed by atoms with Gasteiger partial charge in [0.1, 0.15) is 5.92 Å². The average molecular weight is 362 g/mol. The average Bonchev–Trinajstić information content (AvgIpc) is 2.52. The van der Waals surface area contributed by atoms with Crippen LogP contribution >= 0.6 is 11.8 Å². The van der Waals surface area contributed by atoms with Crippen molar-refractivity contribution in [2.75, 3.05) is 5.75 Å². The summed E-state index contributed by atoms with van der Waals surface area (Å²) in [5.41, 5.74) is -0.537. The van der Waals surface area contributed by atoms with Crippen molar-refractivity contribution in [1.82, 2.24) is 10.6 Å². The third kappa shape index (κ3) is 5.51. The smallest absolute Gasteiger partial charge is 0.243 e. The molecule has 1 rings (SSSR count). The van der Waals surface area contributed by atoms with Gasteiger partial charge in [0.15, 0.2) is 0 Å². The Morgan fingerprint density at radius 1 is 1.40 bits per heavy atom. The topological polar surface area (TPSA) is 106 Å². The van der Waals surface area contributed by atoms with E-state index in [0.29, 0.717) is 10.6 Å². The number of hydrogen-bond acceptors (Lipinski definition) is 5. The summed E-state index contributed by atoms with van der Waals surface area (Å²) >= 11 is 1.13. The summed E-state index contributed by atoms with van der Waals surface area (Å²) in [7, 11) is 0. The van der Waals surface area contributed by atoms with Crippen LogP contribution in [-0.2, 0) is 9.59 Å². The van der Waals surface area contributed by atoms with Crippen LogP contribution in [0.4, 0.5) is 0 Å². The van der Waals surface area contributed by atoms with Crippen LogP contribution in [0, 0.1) is 34.0 Å². The number of carbonyl (C=O) groups excluding carboxylic acids is 2. The molecule has 0 bridgehead atoms. The first-order valence-electron chi connectivity index (χ1n) is 8.55. The number of hydrogen-bond donors (Lipinski definition) is 2. The van der Waals surface area contributed by atoms with Crippen molar-refractivity contribution in [3.8, 4) is 12.1 Å². The molecule has 0 spiro atoms. The quantitative estimate of drug-likeness (QED) is 0.646. The number of rotatable bonds is 8. The first kappa shape index (κ1) is 21.1. The third-order valence-corrected chi connectivity index (χ3v) is 5.33. The summed E-state index contributed by atoms with van der Waals surface area (Å²) in [6.45, 7) is 7.52. The predicted octanol–water partition coefficient (Wildman–Crippen LogP) is 2.84. The molecule has 0 saturated heterocycles. The van der Waals surface area contributed by atoms with Gasteiger partial charge in [-0.2, -0.15) is 10.5 Å². The van der Waals surface area contributed by atoms with Crippen LogP contribution in [0.15, 0.2) is 10.6 Å². The molecule has 25 heavy (non-hydrogen) atoms. The zero-order chi connectivity index (χ0) is 19.0. The second-order valence-electron chi connectivity index (χ2n) is 6.84. The van der Waals surface area contributed by atoms with Gasteiger partial charge in [-0.25, -0.2) is 0 Å². The molecule has 0 aromatic heterocycles. The van der Waals surface area contributed by atoms with E-state index in [0.717, 1.165) is 37.4 Å². The fourth-order valence-corrected chi connectivity index (χ4v) is 3.75. The number of unbranched alkanes of at least 4 members (excludes halogenated alkanes) is 2. The number of amides is 2. The van der Waals surface area contributed by atoms with Crippen molar-refractivity contribution in [3.05, 3.63) is 10.6 Å². The Hall–Kier alpha value is -1.99. The van der Waals surface area contributed by atoms with E-state index in [1.807, 2.05) is 13.0 Å². The van der Waals surface area contributed by atoms with E-state index >= 15 is 0 Å². The van der Waals surface area contributed by atoms with Gasteiger partial charge in [-0.05, 0) is 13.3 Å². The number of nitriles is 2. The number of thioether (sulfide) groups is 1. The van der Waals surface area contributed by atoms with Gasteiger partial charge < -0.3 is 10.6 Å². The molecule has 0 radical (unpaired) electrons. The summed E-state index contributed by atoms with van der Waals surface area (Å²) in [6, 6.07) is 4.15. The Bertz CT molecular complexity index is 628. The lowest BCUT2D eigenvalue weighted by Gasteiger charge is -2.34. The zero-order valence-corrected chi connectivity index (χ0v) is 16.1. The van der Waals surface area contributed by atoms with E-state index < -0.39 is 17.2 Å². The van der Waals surface area contributed by atoms with Crippen LogP contribution in [0.3, 0.4) is 0 Å². The lowest BCUT2D eigenvalue weighted by atomic mass is 9.72. The standard InChI is InChI=1S/C18H26N4O2S/c1-5-6-7-8-12(2)21-15(23)11-25-17-14(10-20)18(3,4)13(9-19)16(24)22-17/h12-13H,5-8,11H2,1-4H3,(H,21,23)(H,22,24)/t12-,13-/m1/s1. The van der Waals surface area contributed by atoms with E-state index in [-0.39, 0.29) is 17.7 Å². The molecule has 1 aliphatic rings. The normalized spacial score (nSPS) is 20.2. The van der Waals surface area contributed by atoms with Crippen molar-refractivity contribution >= 4 is 23.6 Å². The molecule has 2 atom stereocenters. The lowest BCUT2D eigenvalue weighted by molar-refractivity contribution is -0.125. The maximum atomic E-state index is 12.1. The Morgan fingerprint density at radius 3 is 2.64 bits per heavy atom. The molecule has 2 amide bonds. The second kappa shape index (κ2) is 9.48. The van der Waals surface area contributed by atoms with Gasteiger partial charge in [-0.1, -0.05) is 51.8 Å². The Morgan fingerprint density at radius 2 is 2.08 bits per heavy atom. The zero-order valence-electron chi connectivity index (χ0n) is 15.3. The number of carbonyl (C=O) groups is 2. The SMILES string of the molecule is CCCCC[C@@H](C)NC(=O)CSC1=C(C#N)C(C)(C)[C@H](C#N)C(=O)N1. The highest BCUT2D eigenvalue weighted by atomic mass is 32.2. The first-order chi connectivity index (χ1) is 11.8. The largest absolute Gasteiger partial charge is 0.353 e. The Kier molecular flexibility index (Phi) is 7.99. The van der Waals surface area contributed by atoms with Crippen LogP contribution in [0.1, 0.15) is 53.4 Å². The highest BCUT2D eigenvalue weighted by molar-refractivity contribution is 8.03. The van der Waals surface area contributed by atoms with Gasteiger partial charge in [0.2, 0.25) is 11.8 Å². The fraction of sp³-hybridized carbons (Fsp3) is 0.667. The van der Waals surface area contributed by atoms with E-state index in [9.17, 15) is 20.1 Å². The molecule has 1 heterocycles. The number of allylic oxidation sites excluding steroid dienone is 1. The molecule has 1 aliphatic heterocycles. The molecular weight excluding hydrogens is 336 g/mol. The van der Waals surface area contributed by atoms with Crippen molar-refractivity contribution < 1.29 is 9.59 Å². The Balaban J connectivity index is 2.70. The Labute approximate surface area is 154 Å². The molecule has 2 N–H and O–H groups in total. The van der Waals surface area contributed by atoms with Crippen molar-refractivity contribution in [1.29, 1.82) is 10.5 Å². The molecule has 136 valence electrons. The van der Waals surface area contributed by atoms with Crippen molar-refractivity contribution in [2.45, 2.75) is 59.4 Å². The van der Waals surface area contributed by atoms with Crippen LogP contribution in [0.5, 0.6) is 0 Å². The van der Waals surface area contributed by atoms with Gasteiger partial charge in [0.05, 0.1) is 28.5 Å². The van der Waals surface area contributed by atoms with Gasteiger partial charge in [-0.3, -0.25) is 9.59 Å². The summed E-state index contributed by atoms with van der Waals surface area (Å²) in [4.78, 5) is 24.2. The van der Waals surface area contributed by atoms with E-state index in [2.05, 4.69) is 23.6 Å². The molecule has 6 nitrogen and oxygen atoms in total. The van der Waals surface area contributed by atoms with Gasteiger partial charge in [-0.15, -0.1) is 0 Å². The highest BCUT2D eigenvalue weighted by Gasteiger charge is 2.44. The third-order valence-electron chi connectivity index (χ3n) is 4.33. The molecule has 0 aromatic rings. The monoisotopic (exact) mass is 362 g/mol. The molecular formula is C18H26N4O2S. The summed E-state index contributed by atoms with van der Waals surface area (Å²) in [5.74, 6) is -1.36. The molecule has 7 heteroatoms. The summed E-state index contributed by atoms with van der Waals surface area (Å²) in [5, 5.41) is 24.5. The minimum Gasteiger partial charge on any atom is -0.353 e. The van der Waals surface area contributed by atoms with E-state index in [1.165, 1.54) is 0 Å². The molecule has 0 aliphatic carbocycles. The van der Waals surface area contributed by atoms with Crippen molar-refractivity contribution in [2.24, 2.45) is 11.3 Å². The van der Waals surface area contributed by atoms with E-state index in [4.69, 9.17) is 0 Å². The van der Waals surface area contributed by atoms with Gasteiger partial charge in [0, 0.05) is 11.5 Å². The number of nitrogens with zero attached hydrogens (tertiary/aromatic N) is 2. The minimum atomic E-state index is -0.918. The maximum absolute atomic E-state index is 12.1. The molecule has 0 aromatic carbocycles. The fourth-order valence-electron chi connectivity index (χ4n) is 2.76. The van der Waals surface area contributed by atoms with Crippen LogP contribution in [0.2, 0.25) is 0 Å². The summed E-state index contributed by atoms with van der Waals surface area (Å²) in [6.07, 6.45) is 4.30. The lowest BCUT2D eigenvalue weighted by Crippen LogP contribution is -2.44. The highest BCUT2D eigenvalue weighted by Crippen LogP contribution is 2.41. The van der Waals surface area contributed by atoms with Crippen LogP contribution in [-0.4, -0.2) is 23.6 Å². The van der Waals surface area contributed by atoms with Gasteiger partial charge in [0.25, 0.3) is 0 Å². The summed E-state index contributed by atoms with van der Waals surface area (Å²) < 4.78 is 0. The van der Waals surface area contributed by atoms with E-state index in [1.54, 1.807) is 13.8 Å². The first-order valence-corrected chi connectivity index (χ1v) is 9.53. The molecule has 0 saturated carbocycles. The molecule has 0 fully saturated rings. The van der Waals surface area contributed by atoms with Crippen molar-refractivity contribution in [3.63, 3.8) is 0 Å². The minimum absolute atomic E-state index is 0.101. The van der Waals surface area contributed by atoms with Crippen LogP contribution in [0.25, 0.3) is 0 Å².